The van der Waals surface area contributed by atoms with E-state index >= 15 is 0 Å². The van der Waals surface area contributed by atoms with Gasteiger partial charge in [0.1, 0.15) is 0 Å². The van der Waals surface area contributed by atoms with Crippen molar-refractivity contribution in [1.82, 2.24) is 0 Å². The van der Waals surface area contributed by atoms with E-state index in [1.54, 1.807) is 44.9 Å². The first-order valence-corrected chi connectivity index (χ1v) is 12.9. The minimum absolute atomic E-state index is 0.866. The van der Waals surface area contributed by atoms with Crippen molar-refractivity contribution in [2.45, 2.75) is 118 Å². The molecule has 3 rings (SSSR count). The van der Waals surface area contributed by atoms with E-state index in [-0.39, 0.29) is 0 Å². The van der Waals surface area contributed by atoms with Crippen molar-refractivity contribution in [1.29, 1.82) is 0 Å². The second-order valence-electron chi connectivity index (χ2n) is 12.0. The standard InChI is InChI=1S/C27H50/c1-19(2)15-22(16-20(3)4)17-27-21(5)11-12-25-18-24(13-14-26(25)27)23-9-7-6-8-10-23/h19-27H,6-18H2,1-5H3. The molecule has 5 unspecified atom stereocenters. The molecule has 0 aromatic heterocycles. The zero-order valence-electron chi connectivity index (χ0n) is 19.4. The van der Waals surface area contributed by atoms with Crippen LogP contribution in [-0.2, 0) is 0 Å². The Morgan fingerprint density at radius 1 is 0.667 bits per heavy atom. The number of hydrogen-bond acceptors (Lipinski definition) is 0. The van der Waals surface area contributed by atoms with Crippen LogP contribution in [-0.4, -0.2) is 0 Å². The number of hydrogen-bond donors (Lipinski definition) is 0. The maximum Gasteiger partial charge on any atom is -0.0355 e. The van der Waals surface area contributed by atoms with E-state index in [1.807, 2.05) is 0 Å². The van der Waals surface area contributed by atoms with Crippen molar-refractivity contribution in [3.63, 3.8) is 0 Å². The predicted octanol–water partition coefficient (Wildman–Crippen LogP) is 8.74. The van der Waals surface area contributed by atoms with Gasteiger partial charge in [-0.1, -0.05) is 73.1 Å². The molecule has 0 saturated heterocycles. The Morgan fingerprint density at radius 3 is 1.93 bits per heavy atom. The summed E-state index contributed by atoms with van der Waals surface area (Å²) in [6, 6.07) is 0. The first-order chi connectivity index (χ1) is 12.9. The van der Waals surface area contributed by atoms with Gasteiger partial charge < -0.3 is 0 Å². The summed E-state index contributed by atoms with van der Waals surface area (Å²) in [6.07, 6.45) is 20.0. The number of rotatable bonds is 7. The first-order valence-electron chi connectivity index (χ1n) is 12.9. The second-order valence-corrected chi connectivity index (χ2v) is 12.0. The van der Waals surface area contributed by atoms with Crippen molar-refractivity contribution in [3.8, 4) is 0 Å². The van der Waals surface area contributed by atoms with Gasteiger partial charge >= 0.3 is 0 Å². The highest BCUT2D eigenvalue weighted by Gasteiger charge is 2.43. The smallest absolute Gasteiger partial charge is 0.0355 e. The molecule has 3 fully saturated rings. The van der Waals surface area contributed by atoms with Crippen LogP contribution in [0.2, 0.25) is 0 Å². The SMILES string of the molecule is CC(C)CC(CC(C)C)CC1C(C)CCC2CC(C3CCCCC3)CCC21. The Balaban J connectivity index is 1.61. The lowest BCUT2D eigenvalue weighted by Crippen LogP contribution is -2.40. The summed E-state index contributed by atoms with van der Waals surface area (Å²) in [5.74, 6) is 9.11. The highest BCUT2D eigenvalue weighted by atomic mass is 14.5. The monoisotopic (exact) mass is 374 g/mol. The minimum atomic E-state index is 0.866. The van der Waals surface area contributed by atoms with E-state index in [0.717, 1.165) is 53.3 Å². The molecule has 0 N–H and O–H groups in total. The van der Waals surface area contributed by atoms with Crippen LogP contribution in [0.5, 0.6) is 0 Å². The summed E-state index contributed by atoms with van der Waals surface area (Å²) in [5.41, 5.74) is 0. The van der Waals surface area contributed by atoms with Crippen LogP contribution in [0.4, 0.5) is 0 Å². The summed E-state index contributed by atoms with van der Waals surface area (Å²) >= 11 is 0. The maximum absolute atomic E-state index is 2.61. The predicted molar refractivity (Wildman–Crippen MR) is 120 cm³/mol. The highest BCUT2D eigenvalue weighted by molar-refractivity contribution is 4.93. The van der Waals surface area contributed by atoms with Gasteiger partial charge in [0, 0.05) is 0 Å². The zero-order chi connectivity index (χ0) is 19.4. The molecule has 0 amide bonds. The van der Waals surface area contributed by atoms with Crippen molar-refractivity contribution in [3.05, 3.63) is 0 Å². The lowest BCUT2D eigenvalue weighted by molar-refractivity contribution is 0.00762. The maximum atomic E-state index is 2.61. The van der Waals surface area contributed by atoms with Crippen LogP contribution in [0, 0.1) is 53.3 Å². The normalized spacial score (nSPS) is 35.8. The first kappa shape index (κ1) is 21.7. The average Bonchev–Trinajstić information content (AvgIpc) is 2.63. The second kappa shape index (κ2) is 10.2. The van der Waals surface area contributed by atoms with E-state index in [9.17, 15) is 0 Å². The van der Waals surface area contributed by atoms with Gasteiger partial charge in [0.25, 0.3) is 0 Å². The molecule has 3 aliphatic carbocycles. The zero-order valence-corrected chi connectivity index (χ0v) is 19.4. The molecule has 0 spiro atoms. The van der Waals surface area contributed by atoms with Gasteiger partial charge in [0.15, 0.2) is 0 Å². The largest absolute Gasteiger partial charge is 0.0628 e. The van der Waals surface area contributed by atoms with Gasteiger partial charge in [-0.05, 0) is 98.2 Å². The Kier molecular flexibility index (Phi) is 8.16. The highest BCUT2D eigenvalue weighted by Crippen LogP contribution is 2.52. The third kappa shape index (κ3) is 5.99. The Bertz CT molecular complexity index is 406. The molecule has 0 bridgehead atoms. The fraction of sp³-hybridized carbons (Fsp3) is 1.00. The van der Waals surface area contributed by atoms with E-state index in [4.69, 9.17) is 0 Å². The van der Waals surface area contributed by atoms with Gasteiger partial charge in [-0.25, -0.2) is 0 Å². The fourth-order valence-corrected chi connectivity index (χ4v) is 7.78. The van der Waals surface area contributed by atoms with Crippen LogP contribution in [0.15, 0.2) is 0 Å². The molecular weight excluding hydrogens is 324 g/mol. The molecule has 3 aliphatic rings. The van der Waals surface area contributed by atoms with Gasteiger partial charge in [-0.2, -0.15) is 0 Å². The molecule has 0 heterocycles. The Morgan fingerprint density at radius 2 is 1.30 bits per heavy atom. The molecule has 0 aromatic carbocycles. The Hall–Kier alpha value is 0. The van der Waals surface area contributed by atoms with E-state index in [1.165, 1.54) is 38.5 Å². The molecule has 0 nitrogen and oxygen atoms in total. The van der Waals surface area contributed by atoms with Crippen molar-refractivity contribution < 1.29 is 0 Å². The van der Waals surface area contributed by atoms with Crippen molar-refractivity contribution >= 4 is 0 Å². The van der Waals surface area contributed by atoms with Gasteiger partial charge in [-0.3, -0.25) is 0 Å². The van der Waals surface area contributed by atoms with E-state index < -0.39 is 0 Å². The minimum Gasteiger partial charge on any atom is -0.0628 e. The van der Waals surface area contributed by atoms with Gasteiger partial charge in [0.2, 0.25) is 0 Å². The number of fused-ring (bicyclic) bond motifs is 1. The molecule has 0 heteroatoms. The molecule has 158 valence electrons. The molecule has 0 aromatic rings. The van der Waals surface area contributed by atoms with Crippen LogP contribution in [0.1, 0.15) is 118 Å². The summed E-state index contributed by atoms with van der Waals surface area (Å²) in [6.45, 7) is 12.4. The summed E-state index contributed by atoms with van der Waals surface area (Å²) < 4.78 is 0. The Labute approximate surface area is 171 Å². The molecule has 0 radical (unpaired) electrons. The third-order valence-corrected chi connectivity index (χ3v) is 8.89. The quantitative estimate of drug-likeness (QED) is 0.418. The van der Waals surface area contributed by atoms with Crippen LogP contribution < -0.4 is 0 Å². The van der Waals surface area contributed by atoms with Crippen LogP contribution >= 0.6 is 0 Å². The third-order valence-electron chi connectivity index (χ3n) is 8.89. The van der Waals surface area contributed by atoms with Gasteiger partial charge in [-0.15, -0.1) is 0 Å². The fourth-order valence-electron chi connectivity index (χ4n) is 7.78. The van der Waals surface area contributed by atoms with Crippen molar-refractivity contribution in [2.24, 2.45) is 53.3 Å². The molecule has 27 heavy (non-hydrogen) atoms. The summed E-state index contributed by atoms with van der Waals surface area (Å²) in [7, 11) is 0. The summed E-state index contributed by atoms with van der Waals surface area (Å²) in [5, 5.41) is 0. The van der Waals surface area contributed by atoms with Crippen LogP contribution in [0.25, 0.3) is 0 Å². The van der Waals surface area contributed by atoms with E-state index in [0.29, 0.717) is 0 Å². The topological polar surface area (TPSA) is 0 Å². The lowest BCUT2D eigenvalue weighted by Gasteiger charge is -2.49. The molecule has 3 saturated carbocycles. The summed E-state index contributed by atoms with van der Waals surface area (Å²) in [4.78, 5) is 0. The van der Waals surface area contributed by atoms with Crippen LogP contribution in [0.3, 0.4) is 0 Å². The molecule has 5 atom stereocenters. The van der Waals surface area contributed by atoms with E-state index in [2.05, 4.69) is 34.6 Å². The molecule has 0 aliphatic heterocycles. The lowest BCUT2D eigenvalue weighted by atomic mass is 9.56. The van der Waals surface area contributed by atoms with Gasteiger partial charge in [0.05, 0.1) is 0 Å². The molecular formula is C27H50. The van der Waals surface area contributed by atoms with Crippen molar-refractivity contribution in [2.75, 3.05) is 0 Å². The average molecular weight is 375 g/mol.